The molecule has 1 aliphatic heterocycles. The smallest absolute Gasteiger partial charge is 0.169 e. The molecule has 0 aromatic heterocycles. The van der Waals surface area contributed by atoms with Gasteiger partial charge in [-0.25, -0.2) is 0 Å². The highest BCUT2D eigenvalue weighted by atomic mass is 16.8. The average Bonchev–Trinajstić information content (AvgIpc) is 3.79. The van der Waals surface area contributed by atoms with Crippen molar-refractivity contribution in [2.45, 2.75) is 237 Å². The quantitative estimate of drug-likeness (QED) is 0.0529. The zero-order chi connectivity index (χ0) is 36.3. The molecule has 1 heterocycles. The molecule has 3 heteroatoms. The van der Waals surface area contributed by atoms with Crippen molar-refractivity contribution in [3.8, 4) is 0 Å². The normalized spacial score (nSPS) is 26.6. The monoisotopic (exact) mass is 708 g/mol. The number of unbranched alkanes of at least 4 members (excludes halogenated alkanes) is 18. The molecule has 0 radical (unpaired) electrons. The third-order valence-electron chi connectivity index (χ3n) is 12.4. The Morgan fingerprint density at radius 1 is 0.490 bits per heavy atom. The molecule has 3 rings (SSSR count). The lowest BCUT2D eigenvalue weighted by Crippen LogP contribution is -2.33. The van der Waals surface area contributed by atoms with Gasteiger partial charge in [0, 0.05) is 18.9 Å². The number of hydrogen-bond donors (Lipinski definition) is 0. The second-order valence-corrected chi connectivity index (χ2v) is 17.2. The topological polar surface area (TPSA) is 21.7 Å². The van der Waals surface area contributed by atoms with Crippen molar-refractivity contribution in [1.29, 1.82) is 0 Å². The Labute approximate surface area is 318 Å². The molecule has 3 nitrogen and oxygen atoms in total. The van der Waals surface area contributed by atoms with Gasteiger partial charge in [-0.1, -0.05) is 152 Å². The van der Waals surface area contributed by atoms with Gasteiger partial charge in [-0.15, -0.1) is 0 Å². The Kier molecular flexibility index (Phi) is 23.8. The van der Waals surface area contributed by atoms with Crippen molar-refractivity contribution in [3.05, 3.63) is 48.6 Å². The highest BCUT2D eigenvalue weighted by molar-refractivity contribution is 5.03. The van der Waals surface area contributed by atoms with Gasteiger partial charge < -0.3 is 14.4 Å². The van der Waals surface area contributed by atoms with Crippen LogP contribution in [0.15, 0.2) is 48.6 Å². The van der Waals surface area contributed by atoms with Crippen LogP contribution in [-0.2, 0) is 9.47 Å². The van der Waals surface area contributed by atoms with Crippen molar-refractivity contribution >= 4 is 0 Å². The van der Waals surface area contributed by atoms with Gasteiger partial charge in [0.25, 0.3) is 0 Å². The number of ether oxygens (including phenoxy) is 2. The molecular weight excluding hydrogens is 623 g/mol. The van der Waals surface area contributed by atoms with Crippen LogP contribution >= 0.6 is 0 Å². The zero-order valence-electron chi connectivity index (χ0n) is 34.5. The summed E-state index contributed by atoms with van der Waals surface area (Å²) in [5.74, 6) is -0.274. The molecule has 0 aromatic rings. The number of fused-ring (bicyclic) bond motifs is 1. The molecule has 0 amide bonds. The minimum atomic E-state index is -0.274. The minimum Gasteiger partial charge on any atom is -0.344 e. The van der Waals surface area contributed by atoms with E-state index in [9.17, 15) is 0 Å². The van der Waals surface area contributed by atoms with Crippen LogP contribution in [0.1, 0.15) is 213 Å². The van der Waals surface area contributed by atoms with Crippen LogP contribution in [-0.4, -0.2) is 43.0 Å². The second-order valence-electron chi connectivity index (χ2n) is 17.2. The van der Waals surface area contributed by atoms with Crippen LogP contribution in [0.2, 0.25) is 0 Å². The van der Waals surface area contributed by atoms with Crippen molar-refractivity contribution in [2.75, 3.05) is 14.1 Å². The van der Waals surface area contributed by atoms with Crippen molar-refractivity contribution in [1.82, 2.24) is 4.90 Å². The van der Waals surface area contributed by atoms with Gasteiger partial charge >= 0.3 is 0 Å². The van der Waals surface area contributed by atoms with Crippen molar-refractivity contribution < 1.29 is 9.47 Å². The van der Waals surface area contributed by atoms with E-state index in [-0.39, 0.29) is 5.79 Å². The maximum atomic E-state index is 6.87. The average molecular weight is 708 g/mol. The lowest BCUT2D eigenvalue weighted by atomic mass is 9.76. The number of rotatable bonds is 31. The van der Waals surface area contributed by atoms with Crippen LogP contribution in [0.25, 0.3) is 0 Å². The van der Waals surface area contributed by atoms with Gasteiger partial charge in [0.2, 0.25) is 0 Å². The first-order valence-corrected chi connectivity index (χ1v) is 22.6. The van der Waals surface area contributed by atoms with Gasteiger partial charge in [0.05, 0.1) is 12.2 Å². The fraction of sp³-hybridized carbons (Fsp3) is 0.833. The SMILES string of the molecule is CCCCCC=CCC=CCCCCCCCCC1(CCCCCCCCC=CCC=CCCCCC)CCC2(C1)OC1CC(N(C)C)CC1O2. The molecule has 2 aliphatic carbocycles. The first-order chi connectivity index (χ1) is 25.0. The lowest BCUT2D eigenvalue weighted by Gasteiger charge is -2.33. The third-order valence-corrected chi connectivity index (χ3v) is 12.4. The third kappa shape index (κ3) is 18.6. The molecule has 1 saturated heterocycles. The van der Waals surface area contributed by atoms with Gasteiger partial charge in [0.15, 0.2) is 5.79 Å². The predicted octanol–water partition coefficient (Wildman–Crippen LogP) is 14.8. The van der Waals surface area contributed by atoms with Gasteiger partial charge in [-0.3, -0.25) is 0 Å². The van der Waals surface area contributed by atoms with E-state index in [1.807, 2.05) is 0 Å². The molecule has 2 saturated carbocycles. The summed E-state index contributed by atoms with van der Waals surface area (Å²) in [5, 5.41) is 0. The van der Waals surface area contributed by atoms with Crippen LogP contribution in [0, 0.1) is 5.41 Å². The summed E-state index contributed by atoms with van der Waals surface area (Å²) in [6, 6.07) is 0.611. The summed E-state index contributed by atoms with van der Waals surface area (Å²) < 4.78 is 13.7. The van der Waals surface area contributed by atoms with Crippen LogP contribution in [0.3, 0.4) is 0 Å². The van der Waals surface area contributed by atoms with Crippen LogP contribution in [0.4, 0.5) is 0 Å². The largest absolute Gasteiger partial charge is 0.344 e. The fourth-order valence-corrected chi connectivity index (χ4v) is 9.12. The van der Waals surface area contributed by atoms with E-state index in [0.29, 0.717) is 23.7 Å². The standard InChI is InChI=1S/C48H85NO2/c1-5-7-9-11-13-15-17-19-21-23-25-27-29-31-33-35-37-47(39-40-48(43-47)50-45-41-44(49(3)4)42-46(45)51-48)38-36-34-32-30-28-26-24-22-20-18-16-14-12-10-8-6-2/h13-16,19-22,44-46H,5-12,17-18,23-43H2,1-4H3. The zero-order valence-corrected chi connectivity index (χ0v) is 34.5. The van der Waals surface area contributed by atoms with E-state index >= 15 is 0 Å². The molecule has 2 atom stereocenters. The van der Waals surface area contributed by atoms with Gasteiger partial charge in [-0.05, 0) is 116 Å². The molecule has 2 unspecified atom stereocenters. The highest BCUT2D eigenvalue weighted by Crippen LogP contribution is 2.57. The number of nitrogens with zero attached hydrogens (tertiary/aromatic N) is 1. The molecular formula is C48H85NO2. The van der Waals surface area contributed by atoms with Crippen molar-refractivity contribution in [2.24, 2.45) is 5.41 Å². The molecule has 0 aromatic carbocycles. The first kappa shape index (κ1) is 44.2. The van der Waals surface area contributed by atoms with E-state index in [1.165, 1.54) is 161 Å². The van der Waals surface area contributed by atoms with Gasteiger partial charge in [-0.2, -0.15) is 0 Å². The molecule has 1 spiro atoms. The number of allylic oxidation sites excluding steroid dienone is 8. The van der Waals surface area contributed by atoms with E-state index in [4.69, 9.17) is 9.47 Å². The van der Waals surface area contributed by atoms with Crippen LogP contribution in [0.5, 0.6) is 0 Å². The summed E-state index contributed by atoms with van der Waals surface area (Å²) in [4.78, 5) is 2.37. The van der Waals surface area contributed by atoms with Crippen molar-refractivity contribution in [3.63, 3.8) is 0 Å². The van der Waals surface area contributed by atoms with E-state index in [1.54, 1.807) is 0 Å². The summed E-state index contributed by atoms with van der Waals surface area (Å²) in [6.07, 6.45) is 60.2. The van der Waals surface area contributed by atoms with E-state index in [2.05, 4.69) is 81.5 Å². The predicted molar refractivity (Wildman–Crippen MR) is 223 cm³/mol. The highest BCUT2D eigenvalue weighted by Gasteiger charge is 2.58. The van der Waals surface area contributed by atoms with E-state index < -0.39 is 0 Å². The summed E-state index contributed by atoms with van der Waals surface area (Å²) in [6.45, 7) is 4.55. The fourth-order valence-electron chi connectivity index (χ4n) is 9.12. The maximum absolute atomic E-state index is 6.87. The summed E-state index contributed by atoms with van der Waals surface area (Å²) in [7, 11) is 4.42. The maximum Gasteiger partial charge on any atom is 0.169 e. The Morgan fingerprint density at radius 2 is 0.882 bits per heavy atom. The molecule has 0 N–H and O–H groups in total. The molecule has 51 heavy (non-hydrogen) atoms. The lowest BCUT2D eigenvalue weighted by molar-refractivity contribution is -0.182. The molecule has 3 fully saturated rings. The molecule has 3 aliphatic rings. The van der Waals surface area contributed by atoms with E-state index in [0.717, 1.165) is 38.5 Å². The minimum absolute atomic E-state index is 0.274. The number of hydrogen-bond acceptors (Lipinski definition) is 3. The summed E-state index contributed by atoms with van der Waals surface area (Å²) >= 11 is 0. The van der Waals surface area contributed by atoms with Gasteiger partial charge in [0.1, 0.15) is 0 Å². The van der Waals surface area contributed by atoms with Crippen LogP contribution < -0.4 is 0 Å². The Balaban J connectivity index is 1.29. The summed E-state index contributed by atoms with van der Waals surface area (Å²) in [5.41, 5.74) is 0.435. The molecule has 294 valence electrons. The second kappa shape index (κ2) is 27.4. The Hall–Kier alpha value is -1.16. The Morgan fingerprint density at radius 3 is 1.29 bits per heavy atom. The Bertz CT molecular complexity index is 900. The first-order valence-electron chi connectivity index (χ1n) is 22.6. The molecule has 0 bridgehead atoms.